The van der Waals surface area contributed by atoms with Crippen LogP contribution < -0.4 is 5.32 Å². The molecule has 2 atom stereocenters. The molecule has 2 fully saturated rings. The minimum absolute atomic E-state index is 0.0129. The summed E-state index contributed by atoms with van der Waals surface area (Å²) in [5, 5.41) is 10.9. The third-order valence-corrected chi connectivity index (χ3v) is 8.05. The van der Waals surface area contributed by atoms with E-state index >= 15 is 0 Å². The Kier molecular flexibility index (Phi) is 6.04. The number of carbonyl (C=O) groups is 2. The Balaban J connectivity index is 1.29. The van der Waals surface area contributed by atoms with Crippen LogP contribution in [0.2, 0.25) is 0 Å². The molecule has 0 radical (unpaired) electrons. The summed E-state index contributed by atoms with van der Waals surface area (Å²) in [7, 11) is 1.42. The zero-order valence-electron chi connectivity index (χ0n) is 20.1. The Morgan fingerprint density at radius 2 is 1.86 bits per heavy atom. The van der Waals surface area contributed by atoms with Gasteiger partial charge in [-0.3, -0.25) is 14.7 Å². The van der Waals surface area contributed by atoms with Crippen molar-refractivity contribution in [2.75, 3.05) is 7.11 Å². The van der Waals surface area contributed by atoms with Crippen molar-refractivity contribution >= 4 is 22.8 Å². The van der Waals surface area contributed by atoms with Gasteiger partial charge in [0, 0.05) is 11.4 Å². The lowest BCUT2D eigenvalue weighted by Crippen LogP contribution is -2.63. The first kappa shape index (κ1) is 24.3. The molecule has 2 saturated carbocycles. The number of aromatic nitrogens is 2. The molecule has 2 aliphatic rings. The first-order valence-electron chi connectivity index (χ1n) is 12.2. The molecule has 1 heterocycles. The largest absolute Gasteiger partial charge is 0.469 e. The van der Waals surface area contributed by atoms with Gasteiger partial charge in [0.1, 0.15) is 0 Å². The summed E-state index contributed by atoms with van der Waals surface area (Å²) in [5.41, 5.74) is 1.89. The smallest absolute Gasteiger partial charge is 0.416 e. The van der Waals surface area contributed by atoms with Crippen LogP contribution in [0.3, 0.4) is 0 Å². The fourth-order valence-corrected chi connectivity index (χ4v) is 6.35. The van der Waals surface area contributed by atoms with E-state index < -0.39 is 11.7 Å². The summed E-state index contributed by atoms with van der Waals surface area (Å²) >= 11 is 0. The van der Waals surface area contributed by atoms with Gasteiger partial charge in [-0.25, -0.2) is 0 Å². The highest BCUT2D eigenvalue weighted by Gasteiger charge is 2.61. The number of hydrogen-bond donors (Lipinski definition) is 2. The number of alkyl halides is 3. The Labute approximate surface area is 206 Å². The minimum atomic E-state index is -4.38. The SMILES string of the molecule is CCC1C(C(=O)OC)CC12CC(NC(=O)c1n[nH]c3cccc(Cc4ccc(C(F)(F)F)cc4)c13)C2. The van der Waals surface area contributed by atoms with Crippen molar-refractivity contribution in [3.05, 3.63) is 64.8 Å². The van der Waals surface area contributed by atoms with Crippen molar-refractivity contribution in [3.8, 4) is 0 Å². The fraction of sp³-hybridized carbons (Fsp3) is 0.444. The van der Waals surface area contributed by atoms with Crippen LogP contribution >= 0.6 is 0 Å². The van der Waals surface area contributed by atoms with Crippen LogP contribution in [0.15, 0.2) is 42.5 Å². The highest BCUT2D eigenvalue weighted by molar-refractivity contribution is 6.06. The van der Waals surface area contributed by atoms with Crippen molar-refractivity contribution in [1.82, 2.24) is 15.5 Å². The van der Waals surface area contributed by atoms with E-state index in [1.54, 1.807) is 0 Å². The predicted octanol–water partition coefficient (Wildman–Crippen LogP) is 5.27. The number of amides is 1. The monoisotopic (exact) mass is 499 g/mol. The van der Waals surface area contributed by atoms with Gasteiger partial charge < -0.3 is 10.1 Å². The Morgan fingerprint density at radius 3 is 2.50 bits per heavy atom. The number of benzene rings is 2. The molecular formula is C27H28F3N3O3. The number of halogens is 3. The van der Waals surface area contributed by atoms with Gasteiger partial charge in [0.15, 0.2) is 5.69 Å². The first-order chi connectivity index (χ1) is 17.1. The molecular weight excluding hydrogens is 471 g/mol. The van der Waals surface area contributed by atoms with Crippen LogP contribution in [-0.2, 0) is 22.1 Å². The maximum atomic E-state index is 13.2. The third-order valence-electron chi connectivity index (χ3n) is 8.05. The number of nitrogens with one attached hydrogen (secondary N) is 2. The average Bonchev–Trinajstić information content (AvgIpc) is 3.25. The van der Waals surface area contributed by atoms with E-state index in [0.717, 1.165) is 43.4 Å². The van der Waals surface area contributed by atoms with Gasteiger partial charge in [-0.2, -0.15) is 18.3 Å². The van der Waals surface area contributed by atoms with Gasteiger partial charge in [0.05, 0.1) is 24.1 Å². The van der Waals surface area contributed by atoms with Gasteiger partial charge in [-0.15, -0.1) is 0 Å². The third kappa shape index (κ3) is 4.14. The van der Waals surface area contributed by atoms with E-state index in [2.05, 4.69) is 22.4 Å². The Hall–Kier alpha value is -3.36. The average molecular weight is 500 g/mol. The normalized spacial score (nSPS) is 25.3. The molecule has 2 unspecified atom stereocenters. The summed E-state index contributed by atoms with van der Waals surface area (Å²) in [4.78, 5) is 25.2. The van der Waals surface area contributed by atoms with Crippen molar-refractivity contribution in [2.24, 2.45) is 17.3 Å². The van der Waals surface area contributed by atoms with Gasteiger partial charge >= 0.3 is 12.1 Å². The number of hydrogen-bond acceptors (Lipinski definition) is 4. The summed E-state index contributed by atoms with van der Waals surface area (Å²) in [5.74, 6) is -0.208. The van der Waals surface area contributed by atoms with E-state index in [0.29, 0.717) is 22.9 Å². The molecule has 0 aliphatic heterocycles. The first-order valence-corrected chi connectivity index (χ1v) is 12.2. The number of esters is 1. The second kappa shape index (κ2) is 8.94. The summed E-state index contributed by atoms with van der Waals surface area (Å²) in [6, 6.07) is 10.6. The maximum absolute atomic E-state index is 13.2. The molecule has 1 amide bonds. The van der Waals surface area contributed by atoms with E-state index in [1.165, 1.54) is 19.2 Å². The Bertz CT molecular complexity index is 1290. The van der Waals surface area contributed by atoms with E-state index in [9.17, 15) is 22.8 Å². The molecule has 6 nitrogen and oxygen atoms in total. The summed E-state index contributed by atoms with van der Waals surface area (Å²) in [6.45, 7) is 2.08. The maximum Gasteiger partial charge on any atom is 0.416 e. The summed E-state index contributed by atoms with van der Waals surface area (Å²) < 4.78 is 43.6. The van der Waals surface area contributed by atoms with Crippen molar-refractivity contribution in [2.45, 2.75) is 51.2 Å². The van der Waals surface area contributed by atoms with E-state index in [1.807, 2.05) is 18.2 Å². The lowest BCUT2D eigenvalue weighted by Gasteiger charge is -2.62. The van der Waals surface area contributed by atoms with Gasteiger partial charge in [0.25, 0.3) is 5.91 Å². The van der Waals surface area contributed by atoms with Crippen LogP contribution in [-0.4, -0.2) is 35.2 Å². The molecule has 36 heavy (non-hydrogen) atoms. The van der Waals surface area contributed by atoms with Gasteiger partial charge in [-0.1, -0.05) is 37.6 Å². The second-order valence-corrected chi connectivity index (χ2v) is 10.1. The van der Waals surface area contributed by atoms with Crippen LogP contribution in [0.25, 0.3) is 10.9 Å². The number of fused-ring (bicyclic) bond motifs is 1. The molecule has 2 aliphatic carbocycles. The van der Waals surface area contributed by atoms with Crippen LogP contribution in [0.4, 0.5) is 13.2 Å². The minimum Gasteiger partial charge on any atom is -0.469 e. The molecule has 190 valence electrons. The number of rotatable bonds is 6. The molecule has 2 aromatic carbocycles. The van der Waals surface area contributed by atoms with Crippen molar-refractivity contribution in [3.63, 3.8) is 0 Å². The zero-order chi connectivity index (χ0) is 25.7. The molecule has 0 saturated heterocycles. The Morgan fingerprint density at radius 1 is 1.14 bits per heavy atom. The quantitative estimate of drug-likeness (QED) is 0.453. The van der Waals surface area contributed by atoms with Crippen LogP contribution in [0.5, 0.6) is 0 Å². The molecule has 1 spiro atoms. The highest BCUT2D eigenvalue weighted by atomic mass is 19.4. The second-order valence-electron chi connectivity index (χ2n) is 10.1. The predicted molar refractivity (Wildman–Crippen MR) is 127 cm³/mol. The highest BCUT2D eigenvalue weighted by Crippen LogP contribution is 2.64. The number of H-pyrrole nitrogens is 1. The zero-order valence-corrected chi connectivity index (χ0v) is 20.1. The van der Waals surface area contributed by atoms with Gasteiger partial charge in [-0.05, 0) is 66.3 Å². The molecule has 2 N–H and O–H groups in total. The lowest BCUT2D eigenvalue weighted by molar-refractivity contribution is -0.176. The number of nitrogens with zero attached hydrogens (tertiary/aromatic N) is 1. The number of ether oxygens (including phenoxy) is 1. The molecule has 1 aromatic heterocycles. The molecule has 5 rings (SSSR count). The lowest BCUT2D eigenvalue weighted by atomic mass is 9.43. The molecule has 9 heteroatoms. The van der Waals surface area contributed by atoms with Crippen molar-refractivity contribution < 1.29 is 27.5 Å². The van der Waals surface area contributed by atoms with Crippen molar-refractivity contribution in [1.29, 1.82) is 0 Å². The van der Waals surface area contributed by atoms with Gasteiger partial charge in [0.2, 0.25) is 0 Å². The number of carbonyl (C=O) groups excluding carboxylic acids is 2. The standard InChI is InChI=1S/C27H28F3N3O3/c1-3-20-19(25(35)36-2)14-26(20)12-18(13-26)31-24(34)23-22-16(5-4-6-21(22)32-33-23)11-15-7-9-17(10-8-15)27(28,29)30/h4-10,18-20H,3,11-14H2,1-2H3,(H,31,34)(H,32,33). The van der Waals surface area contributed by atoms with Crippen LogP contribution in [0.1, 0.15) is 59.8 Å². The van der Waals surface area contributed by atoms with Crippen LogP contribution in [0, 0.1) is 17.3 Å². The topological polar surface area (TPSA) is 84.1 Å². The fourth-order valence-electron chi connectivity index (χ4n) is 6.35. The molecule has 0 bridgehead atoms. The molecule has 3 aromatic rings. The van der Waals surface area contributed by atoms with E-state index in [4.69, 9.17) is 4.74 Å². The number of methoxy groups -OCH3 is 1. The summed E-state index contributed by atoms with van der Waals surface area (Å²) in [6.07, 6.45) is -0.665. The van der Waals surface area contributed by atoms with E-state index in [-0.39, 0.29) is 40.9 Å². The number of aromatic amines is 1.